The fraction of sp³-hybridized carbons (Fsp3) is 0.298. The number of anilines is 3. The van der Waals surface area contributed by atoms with Gasteiger partial charge in [-0.1, -0.05) is 128 Å². The highest BCUT2D eigenvalue weighted by molar-refractivity contribution is 5.85. The zero-order valence-electron chi connectivity index (χ0n) is 29.1. The van der Waals surface area contributed by atoms with E-state index in [2.05, 4.69) is 139 Å². The Morgan fingerprint density at radius 1 is 0.490 bits per heavy atom. The van der Waals surface area contributed by atoms with Crippen LogP contribution in [0.2, 0.25) is 0 Å². The summed E-state index contributed by atoms with van der Waals surface area (Å²) in [6.45, 7) is 2.57. The molecule has 0 N–H and O–H groups in total. The van der Waals surface area contributed by atoms with Crippen molar-refractivity contribution in [2.75, 3.05) is 4.90 Å². The lowest BCUT2D eigenvalue weighted by atomic mass is 9.53. The molecule has 4 bridgehead atoms. The number of nitrogens with zero attached hydrogens (tertiary/aromatic N) is 4. The van der Waals surface area contributed by atoms with Crippen molar-refractivity contribution in [1.29, 1.82) is 0 Å². The summed E-state index contributed by atoms with van der Waals surface area (Å²) < 4.78 is 0. The maximum absolute atomic E-state index is 5.34. The lowest BCUT2D eigenvalue weighted by Gasteiger charge is -2.52. The topological polar surface area (TPSA) is 41.9 Å². The molecule has 2 heterocycles. The van der Waals surface area contributed by atoms with E-state index in [-0.39, 0.29) is 5.41 Å². The molecule has 11 rings (SSSR count). The molecule has 5 aromatic carbocycles. The smallest absolute Gasteiger partial charge is 0.238 e. The highest BCUT2D eigenvalue weighted by Crippen LogP contribution is 2.74. The monoisotopic (exact) mass is 662 g/mol. The van der Waals surface area contributed by atoms with Crippen LogP contribution in [-0.4, -0.2) is 15.0 Å². The minimum atomic E-state index is 0.0233. The molecule has 0 saturated heterocycles. The Morgan fingerprint density at radius 2 is 1.02 bits per heavy atom. The highest BCUT2D eigenvalue weighted by Gasteiger charge is 2.67. The Labute approximate surface area is 300 Å². The zero-order chi connectivity index (χ0) is 33.7. The number of para-hydroxylation sites is 2. The zero-order valence-corrected chi connectivity index (χ0v) is 29.1. The molecule has 0 radical (unpaired) electrons. The van der Waals surface area contributed by atoms with Crippen LogP contribution < -0.4 is 4.90 Å². The molecule has 1 aromatic heterocycles. The Balaban J connectivity index is 1.10. The van der Waals surface area contributed by atoms with Gasteiger partial charge in [-0.25, -0.2) is 4.98 Å². The van der Waals surface area contributed by atoms with Gasteiger partial charge in [0, 0.05) is 16.5 Å². The van der Waals surface area contributed by atoms with E-state index in [1.807, 2.05) is 6.07 Å². The molecular weight excluding hydrogens is 621 g/mol. The first-order chi connectivity index (χ1) is 25.2. The van der Waals surface area contributed by atoms with Crippen molar-refractivity contribution < 1.29 is 0 Å². The molecule has 4 saturated carbocycles. The SMILES string of the molecule is CC1CC2CC3C1CC1CC3C(C2)C12c1ccccc1N(c1nc(-c3ccccc3)nc(-c3ccc(-c4ccccc4)cc3)n1)c1ccccc12. The first kappa shape index (κ1) is 29.6. The Bertz CT molecular complexity index is 2220. The van der Waals surface area contributed by atoms with Crippen molar-refractivity contribution in [1.82, 2.24) is 15.0 Å². The minimum absolute atomic E-state index is 0.0233. The third-order valence-electron chi connectivity index (χ3n) is 13.9. The van der Waals surface area contributed by atoms with Gasteiger partial charge in [0.2, 0.25) is 5.95 Å². The average molecular weight is 663 g/mol. The number of fused-ring (bicyclic) bond motifs is 8. The first-order valence-electron chi connectivity index (χ1n) is 19.1. The number of aromatic nitrogens is 3. The molecular formula is C47H42N4. The van der Waals surface area contributed by atoms with Crippen molar-refractivity contribution in [3.63, 3.8) is 0 Å². The van der Waals surface area contributed by atoms with Gasteiger partial charge in [-0.2, -0.15) is 9.97 Å². The van der Waals surface area contributed by atoms with E-state index in [4.69, 9.17) is 15.0 Å². The lowest BCUT2D eigenvalue weighted by Crippen LogP contribution is -2.46. The predicted octanol–water partition coefficient (Wildman–Crippen LogP) is 11.3. The largest absolute Gasteiger partial charge is 0.278 e. The summed E-state index contributed by atoms with van der Waals surface area (Å²) in [5.41, 5.74) is 9.82. The summed E-state index contributed by atoms with van der Waals surface area (Å²) in [5.74, 6) is 7.71. The molecule has 4 aliphatic carbocycles. The highest BCUT2D eigenvalue weighted by atomic mass is 15.3. The number of hydrogen-bond donors (Lipinski definition) is 0. The number of rotatable bonds is 4. The quantitative estimate of drug-likeness (QED) is 0.188. The fourth-order valence-electron chi connectivity index (χ4n) is 12.1. The molecule has 4 nitrogen and oxygen atoms in total. The molecule has 4 fully saturated rings. The van der Waals surface area contributed by atoms with Gasteiger partial charge in [0.15, 0.2) is 11.6 Å². The van der Waals surface area contributed by atoms with Gasteiger partial charge in [-0.05, 0) is 108 Å². The third-order valence-corrected chi connectivity index (χ3v) is 13.9. The van der Waals surface area contributed by atoms with Crippen LogP contribution in [0.1, 0.15) is 50.2 Å². The molecule has 5 aliphatic rings. The maximum Gasteiger partial charge on any atom is 0.238 e. The molecule has 250 valence electrons. The first-order valence-corrected chi connectivity index (χ1v) is 19.1. The van der Waals surface area contributed by atoms with Crippen LogP contribution in [0.15, 0.2) is 133 Å². The van der Waals surface area contributed by atoms with Crippen LogP contribution in [-0.2, 0) is 5.41 Å². The van der Waals surface area contributed by atoms with E-state index < -0.39 is 0 Å². The number of hydrogen-bond acceptors (Lipinski definition) is 4. The maximum atomic E-state index is 5.34. The van der Waals surface area contributed by atoms with Crippen molar-refractivity contribution in [2.24, 2.45) is 41.4 Å². The second-order valence-electron chi connectivity index (χ2n) is 16.1. The third kappa shape index (κ3) is 4.29. The summed E-state index contributed by atoms with van der Waals surface area (Å²) in [7, 11) is 0. The normalized spacial score (nSPS) is 27.6. The van der Waals surface area contributed by atoms with Gasteiger partial charge in [0.05, 0.1) is 11.4 Å². The molecule has 7 atom stereocenters. The van der Waals surface area contributed by atoms with Crippen LogP contribution in [0.5, 0.6) is 0 Å². The summed E-state index contributed by atoms with van der Waals surface area (Å²) in [4.78, 5) is 18.1. The molecule has 1 spiro atoms. The molecule has 1 aliphatic heterocycles. The van der Waals surface area contributed by atoms with Crippen LogP contribution in [0.25, 0.3) is 33.9 Å². The summed E-state index contributed by atoms with van der Waals surface area (Å²) in [6.07, 6.45) is 6.99. The van der Waals surface area contributed by atoms with Crippen LogP contribution in [0.4, 0.5) is 17.3 Å². The summed E-state index contributed by atoms with van der Waals surface area (Å²) >= 11 is 0. The van der Waals surface area contributed by atoms with E-state index in [1.165, 1.54) is 65.7 Å². The van der Waals surface area contributed by atoms with Crippen molar-refractivity contribution in [3.8, 4) is 33.9 Å². The van der Waals surface area contributed by atoms with E-state index in [0.29, 0.717) is 29.4 Å². The van der Waals surface area contributed by atoms with Gasteiger partial charge in [0.25, 0.3) is 0 Å². The lowest BCUT2D eigenvalue weighted by molar-refractivity contribution is -0.0170. The van der Waals surface area contributed by atoms with E-state index in [0.717, 1.165) is 40.7 Å². The van der Waals surface area contributed by atoms with Crippen LogP contribution >= 0.6 is 0 Å². The van der Waals surface area contributed by atoms with Gasteiger partial charge in [0.1, 0.15) is 0 Å². The van der Waals surface area contributed by atoms with Crippen molar-refractivity contribution in [2.45, 2.75) is 44.4 Å². The van der Waals surface area contributed by atoms with Crippen LogP contribution in [0, 0.1) is 41.4 Å². The summed E-state index contributed by atoms with van der Waals surface area (Å²) in [6, 6.07) is 48.2. The molecule has 4 heteroatoms. The van der Waals surface area contributed by atoms with Gasteiger partial charge in [-0.15, -0.1) is 0 Å². The molecule has 7 unspecified atom stereocenters. The van der Waals surface area contributed by atoms with E-state index >= 15 is 0 Å². The van der Waals surface area contributed by atoms with Crippen molar-refractivity contribution >= 4 is 17.3 Å². The predicted molar refractivity (Wildman–Crippen MR) is 205 cm³/mol. The second-order valence-corrected chi connectivity index (χ2v) is 16.1. The Morgan fingerprint density at radius 3 is 1.69 bits per heavy atom. The van der Waals surface area contributed by atoms with Crippen LogP contribution in [0.3, 0.4) is 0 Å². The van der Waals surface area contributed by atoms with Crippen molar-refractivity contribution in [3.05, 3.63) is 145 Å². The summed E-state index contributed by atoms with van der Waals surface area (Å²) in [5, 5.41) is 0. The van der Waals surface area contributed by atoms with Gasteiger partial charge in [-0.3, -0.25) is 4.90 Å². The van der Waals surface area contributed by atoms with Gasteiger partial charge < -0.3 is 0 Å². The van der Waals surface area contributed by atoms with E-state index in [9.17, 15) is 0 Å². The minimum Gasteiger partial charge on any atom is -0.278 e. The average Bonchev–Trinajstić information content (AvgIpc) is 3.49. The second kappa shape index (κ2) is 11.2. The number of benzene rings is 5. The van der Waals surface area contributed by atoms with Gasteiger partial charge >= 0.3 is 0 Å². The Kier molecular flexibility index (Phi) is 6.51. The van der Waals surface area contributed by atoms with E-state index in [1.54, 1.807) is 0 Å². The Hall–Kier alpha value is -5.09. The molecule has 6 aromatic rings. The fourth-order valence-corrected chi connectivity index (χ4v) is 12.1. The molecule has 51 heavy (non-hydrogen) atoms. The molecule has 0 amide bonds. The standard InChI is InChI=1S/C47H42N4/c1-29-24-30-25-37-36(29)27-35-28-38(37)41(26-30)47(35)39-16-8-10-18-42(39)51(43-19-11-9-17-40(43)47)46-49-44(33-14-6-3-7-15-33)48-45(50-46)34-22-20-32(21-23-34)31-12-4-2-5-13-31/h2-23,29-30,35-38,41H,24-28H2,1H3.